The van der Waals surface area contributed by atoms with Crippen LogP contribution in [0.15, 0.2) is 22.7 Å². The molecule has 1 aromatic carbocycles. The summed E-state index contributed by atoms with van der Waals surface area (Å²) in [5, 5.41) is 13.7. The largest absolute Gasteiger partial charge is 0.507 e. The highest BCUT2D eigenvalue weighted by atomic mass is 32.2. The lowest BCUT2D eigenvalue weighted by molar-refractivity contribution is 0.407. The number of nitrogens with zero attached hydrogens (tertiary/aromatic N) is 2. The van der Waals surface area contributed by atoms with Gasteiger partial charge in [0.1, 0.15) is 11.5 Å². The highest BCUT2D eigenvalue weighted by Crippen LogP contribution is 2.31. The molecule has 0 fully saturated rings. The molecule has 0 aliphatic heterocycles. The molecule has 102 valence electrons. The first kappa shape index (κ1) is 13.7. The lowest BCUT2D eigenvalue weighted by Gasteiger charge is -2.02. The number of phenolic OH excluding ortho intramolecular Hbond substituents is 1. The van der Waals surface area contributed by atoms with Gasteiger partial charge in [0.2, 0.25) is 0 Å². The lowest BCUT2D eigenvalue weighted by atomic mass is 10.2. The van der Waals surface area contributed by atoms with Crippen molar-refractivity contribution in [2.45, 2.75) is 19.1 Å². The third-order valence-electron chi connectivity index (χ3n) is 2.48. The quantitative estimate of drug-likeness (QED) is 0.820. The monoisotopic (exact) mass is 280 g/mol. The molecule has 0 atom stereocenters. The first-order valence-electron chi connectivity index (χ1n) is 6.02. The van der Waals surface area contributed by atoms with Gasteiger partial charge in [-0.2, -0.15) is 16.7 Å². The predicted molar refractivity (Wildman–Crippen MR) is 74.4 cm³/mol. The van der Waals surface area contributed by atoms with Crippen molar-refractivity contribution < 1.29 is 14.4 Å². The Labute approximate surface area is 116 Å². The predicted octanol–water partition coefficient (Wildman–Crippen LogP) is 3.09. The van der Waals surface area contributed by atoms with Crippen molar-refractivity contribution in [1.29, 1.82) is 0 Å². The number of hydrogen-bond donors (Lipinski definition) is 1. The van der Waals surface area contributed by atoms with Crippen molar-refractivity contribution in [3.63, 3.8) is 0 Å². The zero-order valence-corrected chi connectivity index (χ0v) is 11.7. The molecule has 0 bridgehead atoms. The van der Waals surface area contributed by atoms with Crippen LogP contribution in [0, 0.1) is 0 Å². The van der Waals surface area contributed by atoms with Crippen LogP contribution in [0.25, 0.3) is 11.5 Å². The van der Waals surface area contributed by atoms with Gasteiger partial charge in [-0.15, -0.1) is 0 Å². The minimum absolute atomic E-state index is 0.0946. The first-order valence-corrected chi connectivity index (χ1v) is 7.17. The fourth-order valence-corrected chi connectivity index (χ4v) is 2.28. The third kappa shape index (κ3) is 3.41. The maximum atomic E-state index is 9.82. The van der Waals surface area contributed by atoms with Crippen molar-refractivity contribution in [2.75, 3.05) is 12.9 Å². The van der Waals surface area contributed by atoms with Crippen LogP contribution in [-0.4, -0.2) is 28.1 Å². The minimum Gasteiger partial charge on any atom is -0.507 e. The lowest BCUT2D eigenvalue weighted by Crippen LogP contribution is -1.87. The maximum Gasteiger partial charge on any atom is 0.261 e. The second-order valence-electron chi connectivity index (χ2n) is 3.95. The maximum absolute atomic E-state index is 9.82. The Morgan fingerprint density at radius 1 is 1.42 bits per heavy atom. The number of ether oxygens (including phenoxy) is 1. The van der Waals surface area contributed by atoms with E-state index in [0.29, 0.717) is 28.8 Å². The van der Waals surface area contributed by atoms with E-state index >= 15 is 0 Å². The van der Waals surface area contributed by atoms with Crippen LogP contribution in [0.3, 0.4) is 0 Å². The van der Waals surface area contributed by atoms with Gasteiger partial charge in [-0.05, 0) is 30.4 Å². The second-order valence-corrected chi connectivity index (χ2v) is 5.06. The van der Waals surface area contributed by atoms with Crippen LogP contribution in [0.1, 0.15) is 19.2 Å². The van der Waals surface area contributed by atoms with Crippen LogP contribution < -0.4 is 4.74 Å². The molecule has 2 rings (SSSR count). The average molecular weight is 280 g/mol. The summed E-state index contributed by atoms with van der Waals surface area (Å²) >= 11 is 1.75. The van der Waals surface area contributed by atoms with Crippen LogP contribution in [0.5, 0.6) is 11.5 Å². The molecule has 0 aliphatic carbocycles. The molecule has 19 heavy (non-hydrogen) atoms. The number of hydrogen-bond acceptors (Lipinski definition) is 6. The molecule has 0 saturated carbocycles. The molecule has 0 radical (unpaired) electrons. The molecule has 0 amide bonds. The van der Waals surface area contributed by atoms with Gasteiger partial charge in [-0.3, -0.25) is 0 Å². The van der Waals surface area contributed by atoms with Crippen LogP contribution >= 0.6 is 11.8 Å². The Kier molecular flexibility index (Phi) is 4.68. The zero-order chi connectivity index (χ0) is 13.7. The Balaban J connectivity index is 2.17. The molecule has 2 aromatic rings. The highest BCUT2D eigenvalue weighted by molar-refractivity contribution is 7.98. The molecule has 0 saturated heterocycles. The van der Waals surface area contributed by atoms with E-state index in [1.165, 1.54) is 0 Å². The van der Waals surface area contributed by atoms with Gasteiger partial charge in [-0.25, -0.2) is 0 Å². The molecule has 0 aliphatic rings. The molecule has 1 heterocycles. The molecule has 0 unspecified atom stereocenters. The fraction of sp³-hybridized carbons (Fsp3) is 0.385. The SMILES string of the molecule is CCCSCc1noc(-c2cc(OC)ccc2O)n1. The van der Waals surface area contributed by atoms with E-state index in [1.54, 1.807) is 37.1 Å². The van der Waals surface area contributed by atoms with Crippen molar-refractivity contribution in [3.05, 3.63) is 24.0 Å². The van der Waals surface area contributed by atoms with Crippen LogP contribution in [0.2, 0.25) is 0 Å². The number of aromatic hydroxyl groups is 1. The summed E-state index contributed by atoms with van der Waals surface area (Å²) in [6, 6.07) is 4.89. The van der Waals surface area contributed by atoms with E-state index in [2.05, 4.69) is 17.1 Å². The number of aromatic nitrogens is 2. The Hall–Kier alpha value is -1.69. The first-order chi connectivity index (χ1) is 9.24. The average Bonchev–Trinajstić information content (AvgIpc) is 2.88. The molecule has 1 N–H and O–H groups in total. The van der Waals surface area contributed by atoms with E-state index in [1.807, 2.05) is 0 Å². The van der Waals surface area contributed by atoms with E-state index in [-0.39, 0.29) is 5.75 Å². The Bertz CT molecular complexity index is 542. The number of rotatable bonds is 6. The Morgan fingerprint density at radius 2 is 2.26 bits per heavy atom. The van der Waals surface area contributed by atoms with Gasteiger partial charge in [-0.1, -0.05) is 12.1 Å². The van der Waals surface area contributed by atoms with E-state index in [9.17, 15) is 5.11 Å². The van der Waals surface area contributed by atoms with Crippen LogP contribution in [0.4, 0.5) is 0 Å². The summed E-state index contributed by atoms with van der Waals surface area (Å²) in [6.45, 7) is 2.13. The normalized spacial score (nSPS) is 10.6. The van der Waals surface area contributed by atoms with Gasteiger partial charge >= 0.3 is 0 Å². The van der Waals surface area contributed by atoms with Crippen molar-refractivity contribution in [1.82, 2.24) is 10.1 Å². The molecular formula is C13H16N2O3S. The van der Waals surface area contributed by atoms with Crippen molar-refractivity contribution in [2.24, 2.45) is 0 Å². The molecule has 0 spiro atoms. The van der Waals surface area contributed by atoms with Crippen molar-refractivity contribution in [3.8, 4) is 23.0 Å². The second kappa shape index (κ2) is 6.47. The van der Waals surface area contributed by atoms with Gasteiger partial charge < -0.3 is 14.4 Å². The number of benzene rings is 1. The van der Waals surface area contributed by atoms with Gasteiger partial charge in [0.25, 0.3) is 5.89 Å². The smallest absolute Gasteiger partial charge is 0.261 e. The van der Waals surface area contributed by atoms with E-state index in [0.717, 1.165) is 12.2 Å². The summed E-state index contributed by atoms with van der Waals surface area (Å²) in [6.07, 6.45) is 1.12. The fourth-order valence-electron chi connectivity index (χ4n) is 1.54. The summed E-state index contributed by atoms with van der Waals surface area (Å²) in [7, 11) is 1.57. The van der Waals surface area contributed by atoms with E-state index < -0.39 is 0 Å². The van der Waals surface area contributed by atoms with Gasteiger partial charge in [0, 0.05) is 0 Å². The van der Waals surface area contributed by atoms with Crippen molar-refractivity contribution >= 4 is 11.8 Å². The zero-order valence-electron chi connectivity index (χ0n) is 10.9. The standard InChI is InChI=1S/C13H16N2O3S/c1-3-6-19-8-12-14-13(18-15-12)10-7-9(17-2)4-5-11(10)16/h4-5,7,16H,3,6,8H2,1-2H3. The molecular weight excluding hydrogens is 264 g/mol. The van der Waals surface area contributed by atoms with E-state index in [4.69, 9.17) is 9.26 Å². The van der Waals surface area contributed by atoms with Gasteiger partial charge in [0.05, 0.1) is 18.4 Å². The highest BCUT2D eigenvalue weighted by Gasteiger charge is 2.13. The molecule has 5 nitrogen and oxygen atoms in total. The topological polar surface area (TPSA) is 68.4 Å². The summed E-state index contributed by atoms with van der Waals surface area (Å²) in [5.74, 6) is 3.44. The number of phenols is 1. The minimum atomic E-state index is 0.0946. The molecule has 1 aromatic heterocycles. The Morgan fingerprint density at radius 3 is 3.00 bits per heavy atom. The third-order valence-corrected chi connectivity index (χ3v) is 3.64. The summed E-state index contributed by atoms with van der Waals surface area (Å²) < 4.78 is 10.3. The summed E-state index contributed by atoms with van der Waals surface area (Å²) in [5.41, 5.74) is 0.485. The number of thioether (sulfide) groups is 1. The summed E-state index contributed by atoms with van der Waals surface area (Å²) in [4.78, 5) is 4.27. The van der Waals surface area contributed by atoms with Crippen LogP contribution in [-0.2, 0) is 5.75 Å². The van der Waals surface area contributed by atoms with Gasteiger partial charge in [0.15, 0.2) is 5.82 Å². The number of methoxy groups -OCH3 is 1. The molecule has 6 heteroatoms.